The van der Waals surface area contributed by atoms with Crippen molar-refractivity contribution in [2.45, 2.75) is 38.9 Å². The van der Waals surface area contributed by atoms with Gasteiger partial charge in [0.1, 0.15) is 11.8 Å². The van der Waals surface area contributed by atoms with Crippen LogP contribution >= 0.6 is 0 Å². The number of amides is 1. The van der Waals surface area contributed by atoms with Crippen LogP contribution in [0.2, 0.25) is 0 Å². The second-order valence-corrected chi connectivity index (χ2v) is 6.54. The van der Waals surface area contributed by atoms with Crippen LogP contribution in [0, 0.1) is 6.92 Å². The van der Waals surface area contributed by atoms with E-state index in [1.165, 1.54) is 4.68 Å². The molecule has 0 aliphatic carbocycles. The first-order valence-corrected chi connectivity index (χ1v) is 8.87. The summed E-state index contributed by atoms with van der Waals surface area (Å²) in [5.74, 6) is -0.339. The number of anilines is 1. The molecule has 1 saturated heterocycles. The first-order chi connectivity index (χ1) is 12.5. The third-order valence-electron chi connectivity index (χ3n) is 4.73. The van der Waals surface area contributed by atoms with Gasteiger partial charge in [0, 0.05) is 13.7 Å². The van der Waals surface area contributed by atoms with Crippen molar-refractivity contribution in [3.63, 3.8) is 0 Å². The zero-order valence-electron chi connectivity index (χ0n) is 15.4. The number of nitrogens with one attached hydrogen (secondary N) is 1. The summed E-state index contributed by atoms with van der Waals surface area (Å²) in [5.41, 5.74) is 1.43. The predicted octanol–water partition coefficient (Wildman–Crippen LogP) is 2.01. The van der Waals surface area contributed by atoms with E-state index in [4.69, 9.17) is 9.47 Å². The van der Waals surface area contributed by atoms with Crippen LogP contribution in [0.25, 0.3) is 5.69 Å². The van der Waals surface area contributed by atoms with Crippen LogP contribution in [0.3, 0.4) is 0 Å². The van der Waals surface area contributed by atoms with E-state index in [2.05, 4.69) is 5.32 Å². The van der Waals surface area contributed by atoms with Gasteiger partial charge in [-0.1, -0.05) is 18.2 Å². The molecule has 1 aromatic carbocycles. The highest BCUT2D eigenvalue weighted by Crippen LogP contribution is 2.16. The van der Waals surface area contributed by atoms with Crippen molar-refractivity contribution in [2.24, 2.45) is 7.05 Å². The van der Waals surface area contributed by atoms with Gasteiger partial charge in [0.25, 0.3) is 11.5 Å². The van der Waals surface area contributed by atoms with Crippen molar-refractivity contribution in [3.8, 4) is 5.69 Å². The SMILES string of the molecule is Cc1c(NC(=O)C(C)OCC2CCCO2)c(=O)n(-c2ccccc2)n1C. The molecule has 0 saturated carbocycles. The summed E-state index contributed by atoms with van der Waals surface area (Å²) in [4.78, 5) is 25.2. The van der Waals surface area contributed by atoms with E-state index in [0.717, 1.165) is 25.1 Å². The number of hydrogen-bond acceptors (Lipinski definition) is 4. The molecule has 2 atom stereocenters. The minimum absolute atomic E-state index is 0.0546. The van der Waals surface area contributed by atoms with Crippen LogP contribution in [0.5, 0.6) is 0 Å². The van der Waals surface area contributed by atoms with Crippen molar-refractivity contribution in [2.75, 3.05) is 18.5 Å². The van der Waals surface area contributed by atoms with E-state index < -0.39 is 6.10 Å². The molecule has 7 nitrogen and oxygen atoms in total. The standard InChI is InChI=1S/C19H25N3O4/c1-13-17(19(24)22(21(13)3)15-8-5-4-6-9-15)20-18(23)14(2)26-12-16-10-7-11-25-16/h4-6,8-9,14,16H,7,10-12H2,1-3H3,(H,20,23). The number of rotatable bonds is 6. The maximum Gasteiger partial charge on any atom is 0.295 e. The molecule has 26 heavy (non-hydrogen) atoms. The molecule has 1 aliphatic rings. The smallest absolute Gasteiger partial charge is 0.295 e. The lowest BCUT2D eigenvalue weighted by Crippen LogP contribution is -2.32. The summed E-state index contributed by atoms with van der Waals surface area (Å²) < 4.78 is 14.4. The second kappa shape index (κ2) is 7.88. The molecule has 7 heteroatoms. The van der Waals surface area contributed by atoms with Crippen LogP contribution < -0.4 is 10.9 Å². The maximum atomic E-state index is 12.8. The van der Waals surface area contributed by atoms with Crippen molar-refractivity contribution in [1.29, 1.82) is 0 Å². The molecule has 0 radical (unpaired) electrons. The van der Waals surface area contributed by atoms with E-state index in [1.54, 1.807) is 25.6 Å². The average molecular weight is 359 g/mol. The van der Waals surface area contributed by atoms with Crippen LogP contribution in [-0.4, -0.2) is 40.7 Å². The molecule has 1 fully saturated rings. The topological polar surface area (TPSA) is 74.5 Å². The predicted molar refractivity (Wildman–Crippen MR) is 98.8 cm³/mol. The fourth-order valence-electron chi connectivity index (χ4n) is 3.04. The summed E-state index contributed by atoms with van der Waals surface area (Å²) >= 11 is 0. The number of aromatic nitrogens is 2. The minimum atomic E-state index is -0.664. The van der Waals surface area contributed by atoms with Gasteiger partial charge in [0.15, 0.2) is 0 Å². The molecule has 2 aromatic rings. The monoisotopic (exact) mass is 359 g/mol. The molecule has 0 bridgehead atoms. The van der Waals surface area contributed by atoms with Gasteiger partial charge in [0.05, 0.1) is 24.1 Å². The van der Waals surface area contributed by atoms with E-state index in [0.29, 0.717) is 12.3 Å². The Kier molecular flexibility index (Phi) is 5.58. The van der Waals surface area contributed by atoms with Crippen molar-refractivity contribution in [1.82, 2.24) is 9.36 Å². The molecule has 1 amide bonds. The third kappa shape index (κ3) is 3.73. The lowest BCUT2D eigenvalue weighted by atomic mass is 10.2. The van der Waals surface area contributed by atoms with Crippen molar-refractivity contribution < 1.29 is 14.3 Å². The van der Waals surface area contributed by atoms with Gasteiger partial charge in [-0.05, 0) is 38.8 Å². The Bertz CT molecular complexity index is 819. The molecule has 2 heterocycles. The summed E-state index contributed by atoms with van der Waals surface area (Å²) in [7, 11) is 1.79. The molecule has 1 aliphatic heterocycles. The number of benzene rings is 1. The quantitative estimate of drug-likeness (QED) is 0.856. The summed E-state index contributed by atoms with van der Waals surface area (Å²) in [5, 5.41) is 2.73. The van der Waals surface area contributed by atoms with E-state index in [9.17, 15) is 9.59 Å². The number of hydrogen-bond donors (Lipinski definition) is 1. The molecular formula is C19H25N3O4. The Hall–Kier alpha value is -2.38. The number of ether oxygens (including phenoxy) is 2. The van der Waals surface area contributed by atoms with E-state index in [1.807, 2.05) is 30.3 Å². The molecule has 2 unspecified atom stereocenters. The normalized spacial score (nSPS) is 18.0. The maximum absolute atomic E-state index is 12.8. The molecular weight excluding hydrogens is 334 g/mol. The molecule has 3 rings (SSSR count). The lowest BCUT2D eigenvalue weighted by molar-refractivity contribution is -0.128. The fourth-order valence-corrected chi connectivity index (χ4v) is 3.04. The van der Waals surface area contributed by atoms with Gasteiger partial charge in [-0.3, -0.25) is 14.3 Å². The largest absolute Gasteiger partial charge is 0.376 e. The minimum Gasteiger partial charge on any atom is -0.376 e. The second-order valence-electron chi connectivity index (χ2n) is 6.54. The van der Waals surface area contributed by atoms with Crippen molar-refractivity contribution >= 4 is 11.6 Å². The first kappa shape index (κ1) is 18.4. The zero-order chi connectivity index (χ0) is 18.7. The van der Waals surface area contributed by atoms with Gasteiger partial charge in [0.2, 0.25) is 0 Å². The van der Waals surface area contributed by atoms with Crippen LogP contribution in [0.1, 0.15) is 25.5 Å². The highest BCUT2D eigenvalue weighted by Gasteiger charge is 2.23. The molecule has 1 N–H and O–H groups in total. The first-order valence-electron chi connectivity index (χ1n) is 8.87. The Balaban J connectivity index is 1.73. The Labute approximate surface area is 152 Å². The summed E-state index contributed by atoms with van der Waals surface area (Å²) in [6.07, 6.45) is 1.37. The van der Waals surface area contributed by atoms with Gasteiger partial charge in [-0.2, -0.15) is 0 Å². The zero-order valence-corrected chi connectivity index (χ0v) is 15.4. The molecule has 140 valence electrons. The Morgan fingerprint density at radius 2 is 2.12 bits per heavy atom. The van der Waals surface area contributed by atoms with Gasteiger partial charge in [-0.25, -0.2) is 4.68 Å². The number of carbonyl (C=O) groups excluding carboxylic acids is 1. The highest BCUT2D eigenvalue weighted by atomic mass is 16.5. The van der Waals surface area contributed by atoms with E-state index in [-0.39, 0.29) is 23.3 Å². The average Bonchev–Trinajstić information content (AvgIpc) is 3.23. The molecule has 1 aromatic heterocycles. The number of carbonyl (C=O) groups is 1. The fraction of sp³-hybridized carbons (Fsp3) is 0.474. The van der Waals surface area contributed by atoms with Gasteiger partial charge in [-0.15, -0.1) is 0 Å². The van der Waals surface area contributed by atoms with Gasteiger partial charge >= 0.3 is 0 Å². The number of nitrogens with zero attached hydrogens (tertiary/aromatic N) is 2. The van der Waals surface area contributed by atoms with Gasteiger partial charge < -0.3 is 14.8 Å². The highest BCUT2D eigenvalue weighted by molar-refractivity contribution is 5.94. The van der Waals surface area contributed by atoms with Crippen molar-refractivity contribution in [3.05, 3.63) is 46.4 Å². The Morgan fingerprint density at radius 1 is 1.38 bits per heavy atom. The van der Waals surface area contributed by atoms with Crippen LogP contribution in [0.15, 0.2) is 35.1 Å². The van der Waals surface area contributed by atoms with Crippen LogP contribution in [0.4, 0.5) is 5.69 Å². The van der Waals surface area contributed by atoms with Crippen LogP contribution in [-0.2, 0) is 21.3 Å². The Morgan fingerprint density at radius 3 is 2.77 bits per heavy atom. The third-order valence-corrected chi connectivity index (χ3v) is 4.73. The molecule has 0 spiro atoms. The summed E-state index contributed by atoms with van der Waals surface area (Å²) in [6.45, 7) is 4.61. The van der Waals surface area contributed by atoms with E-state index >= 15 is 0 Å². The summed E-state index contributed by atoms with van der Waals surface area (Å²) in [6, 6.07) is 9.31. The number of para-hydroxylation sites is 1. The lowest BCUT2D eigenvalue weighted by Gasteiger charge is -2.15.